The monoisotopic (exact) mass is 256 g/mol. The highest BCUT2D eigenvalue weighted by atomic mass is 16.5. The van der Waals surface area contributed by atoms with E-state index in [-0.39, 0.29) is 29.5 Å². The molecule has 1 heterocycles. The van der Waals surface area contributed by atoms with Gasteiger partial charge in [0, 0.05) is 0 Å². The highest BCUT2D eigenvalue weighted by Crippen LogP contribution is 2.37. The van der Waals surface area contributed by atoms with Gasteiger partial charge in [0.15, 0.2) is 5.78 Å². The summed E-state index contributed by atoms with van der Waals surface area (Å²) >= 11 is 0. The van der Waals surface area contributed by atoms with Crippen molar-refractivity contribution >= 4 is 5.78 Å². The lowest BCUT2D eigenvalue weighted by molar-refractivity contribution is 0.0892. The Balaban J connectivity index is 2.02. The van der Waals surface area contributed by atoms with Gasteiger partial charge in [-0.1, -0.05) is 18.2 Å². The van der Waals surface area contributed by atoms with Crippen molar-refractivity contribution in [2.75, 3.05) is 6.61 Å². The van der Waals surface area contributed by atoms with Gasteiger partial charge in [-0.25, -0.2) is 0 Å². The molecule has 1 aliphatic rings. The molecule has 2 aromatic rings. The van der Waals surface area contributed by atoms with Gasteiger partial charge in [0.25, 0.3) is 0 Å². The molecule has 1 aliphatic heterocycles. The largest absolute Gasteiger partial charge is 0.508 e. The number of ketones is 1. The number of phenolic OH excluding ortho intramolecular Hbond substituents is 2. The van der Waals surface area contributed by atoms with E-state index in [9.17, 15) is 15.0 Å². The number of hydrogen-bond acceptors (Lipinski definition) is 4. The van der Waals surface area contributed by atoms with Crippen molar-refractivity contribution in [3.05, 3.63) is 53.6 Å². The van der Waals surface area contributed by atoms with Crippen molar-refractivity contribution in [1.82, 2.24) is 0 Å². The zero-order valence-corrected chi connectivity index (χ0v) is 10.0. The Hall–Kier alpha value is -2.49. The third-order valence-electron chi connectivity index (χ3n) is 3.27. The highest BCUT2D eigenvalue weighted by molar-refractivity contribution is 6.06. The van der Waals surface area contributed by atoms with Crippen LogP contribution in [0.3, 0.4) is 0 Å². The van der Waals surface area contributed by atoms with E-state index in [4.69, 9.17) is 4.74 Å². The van der Waals surface area contributed by atoms with Gasteiger partial charge in [-0.2, -0.15) is 0 Å². The average molecular weight is 256 g/mol. The van der Waals surface area contributed by atoms with Crippen LogP contribution in [0.5, 0.6) is 17.2 Å². The Labute approximate surface area is 109 Å². The molecule has 2 N–H and O–H groups in total. The van der Waals surface area contributed by atoms with E-state index in [0.717, 1.165) is 5.56 Å². The number of Topliss-reactive ketones (excluding diaryl/α,β-unsaturated/α-hetero) is 1. The molecule has 0 amide bonds. The molecule has 0 fully saturated rings. The van der Waals surface area contributed by atoms with Crippen LogP contribution in [0.4, 0.5) is 0 Å². The second-order valence-electron chi connectivity index (χ2n) is 4.47. The van der Waals surface area contributed by atoms with Gasteiger partial charge >= 0.3 is 0 Å². The number of aromatic hydroxyl groups is 2. The van der Waals surface area contributed by atoms with Crippen molar-refractivity contribution < 1.29 is 19.7 Å². The van der Waals surface area contributed by atoms with E-state index < -0.39 is 5.92 Å². The van der Waals surface area contributed by atoms with Gasteiger partial charge < -0.3 is 14.9 Å². The van der Waals surface area contributed by atoms with Crippen LogP contribution in [0.25, 0.3) is 0 Å². The van der Waals surface area contributed by atoms with Crippen molar-refractivity contribution in [1.29, 1.82) is 0 Å². The van der Waals surface area contributed by atoms with Gasteiger partial charge in [-0.05, 0) is 29.8 Å². The maximum atomic E-state index is 12.4. The lowest BCUT2D eigenvalue weighted by Gasteiger charge is -2.24. The number of carbonyl (C=O) groups is 1. The molecule has 0 saturated heterocycles. The Morgan fingerprint density at radius 2 is 1.79 bits per heavy atom. The molecule has 19 heavy (non-hydrogen) atoms. The van der Waals surface area contributed by atoms with Gasteiger partial charge in [0.1, 0.15) is 29.4 Å². The van der Waals surface area contributed by atoms with Crippen LogP contribution in [0, 0.1) is 0 Å². The fraction of sp³-hybridized carbons (Fsp3) is 0.133. The van der Waals surface area contributed by atoms with Crippen molar-refractivity contribution in [2.45, 2.75) is 5.92 Å². The number of fused-ring (bicyclic) bond motifs is 1. The van der Waals surface area contributed by atoms with Crippen molar-refractivity contribution in [3.63, 3.8) is 0 Å². The van der Waals surface area contributed by atoms with E-state index in [0.29, 0.717) is 5.75 Å². The minimum absolute atomic E-state index is 0.0639. The van der Waals surface area contributed by atoms with Crippen LogP contribution in [0.1, 0.15) is 21.8 Å². The molecule has 2 aromatic carbocycles. The van der Waals surface area contributed by atoms with Crippen LogP contribution in [0.15, 0.2) is 42.5 Å². The Bertz CT molecular complexity index is 631. The van der Waals surface area contributed by atoms with E-state index in [2.05, 4.69) is 0 Å². The van der Waals surface area contributed by atoms with E-state index in [1.807, 2.05) is 0 Å². The summed E-state index contributed by atoms with van der Waals surface area (Å²) in [5, 5.41) is 19.1. The predicted octanol–water partition coefficient (Wildman–Crippen LogP) is 2.46. The van der Waals surface area contributed by atoms with Crippen molar-refractivity contribution in [3.8, 4) is 17.2 Å². The first-order chi connectivity index (χ1) is 9.16. The Kier molecular flexibility index (Phi) is 2.63. The second-order valence-corrected chi connectivity index (χ2v) is 4.47. The van der Waals surface area contributed by atoms with Crippen LogP contribution in [-0.2, 0) is 0 Å². The Morgan fingerprint density at radius 3 is 2.53 bits per heavy atom. The molecular weight excluding hydrogens is 244 g/mol. The fourth-order valence-corrected chi connectivity index (χ4v) is 2.26. The third kappa shape index (κ3) is 1.91. The van der Waals surface area contributed by atoms with Gasteiger partial charge in [0.05, 0.1) is 5.92 Å². The molecule has 0 bridgehead atoms. The van der Waals surface area contributed by atoms with Crippen molar-refractivity contribution in [2.24, 2.45) is 0 Å². The maximum Gasteiger partial charge on any atom is 0.181 e. The van der Waals surface area contributed by atoms with Crippen LogP contribution in [0.2, 0.25) is 0 Å². The minimum Gasteiger partial charge on any atom is -0.508 e. The summed E-state index contributed by atoms with van der Waals surface area (Å²) in [6.07, 6.45) is 0. The van der Waals surface area contributed by atoms with Crippen LogP contribution < -0.4 is 4.74 Å². The van der Waals surface area contributed by atoms with Crippen LogP contribution >= 0.6 is 0 Å². The summed E-state index contributed by atoms with van der Waals surface area (Å²) < 4.78 is 5.53. The third-order valence-corrected chi connectivity index (χ3v) is 3.27. The number of ether oxygens (including phenoxy) is 1. The summed E-state index contributed by atoms with van der Waals surface area (Å²) in [5.74, 6) is -0.117. The van der Waals surface area contributed by atoms with E-state index in [1.54, 1.807) is 24.3 Å². The molecule has 1 atom stereocenters. The maximum absolute atomic E-state index is 12.4. The molecule has 0 aromatic heterocycles. The highest BCUT2D eigenvalue weighted by Gasteiger charge is 2.32. The van der Waals surface area contributed by atoms with E-state index >= 15 is 0 Å². The smallest absolute Gasteiger partial charge is 0.181 e. The van der Waals surface area contributed by atoms with Crippen LogP contribution in [-0.4, -0.2) is 22.6 Å². The molecule has 0 aliphatic carbocycles. The topological polar surface area (TPSA) is 66.8 Å². The summed E-state index contributed by atoms with van der Waals surface area (Å²) in [5.41, 5.74) is 0.989. The SMILES string of the molecule is O=C1c2c(O)cccc2OCC1c1ccc(O)cc1. The first kappa shape index (κ1) is 11.6. The van der Waals surface area contributed by atoms with Gasteiger partial charge in [-0.3, -0.25) is 4.79 Å². The molecule has 96 valence electrons. The molecule has 0 radical (unpaired) electrons. The molecule has 3 rings (SSSR count). The summed E-state index contributed by atoms with van der Waals surface area (Å²) in [6.45, 7) is 0.236. The molecule has 1 unspecified atom stereocenters. The molecule has 4 heteroatoms. The quantitative estimate of drug-likeness (QED) is 0.822. The van der Waals surface area contributed by atoms with E-state index in [1.165, 1.54) is 18.2 Å². The second kappa shape index (κ2) is 4.31. The molecule has 0 spiro atoms. The molecule has 0 saturated carbocycles. The predicted molar refractivity (Wildman–Crippen MR) is 68.8 cm³/mol. The normalized spacial score (nSPS) is 17.7. The number of carbonyl (C=O) groups excluding carboxylic acids is 1. The molecular formula is C15H12O4. The number of phenols is 2. The first-order valence-corrected chi connectivity index (χ1v) is 5.95. The molecule has 4 nitrogen and oxygen atoms in total. The zero-order chi connectivity index (χ0) is 13.4. The average Bonchev–Trinajstić information content (AvgIpc) is 2.40. The summed E-state index contributed by atoms with van der Waals surface area (Å²) in [4.78, 5) is 12.4. The first-order valence-electron chi connectivity index (χ1n) is 5.95. The Morgan fingerprint density at radius 1 is 1.05 bits per heavy atom. The minimum atomic E-state index is -0.457. The standard InChI is InChI=1S/C15H12O4/c16-10-6-4-9(5-7-10)11-8-19-13-3-1-2-12(17)14(13)15(11)18/h1-7,11,16-17H,8H2. The summed E-state index contributed by atoms with van der Waals surface area (Å²) in [6, 6.07) is 11.2. The van der Waals surface area contributed by atoms with Gasteiger partial charge in [0.2, 0.25) is 0 Å². The lowest BCUT2D eigenvalue weighted by atomic mass is 9.88. The number of rotatable bonds is 1. The lowest BCUT2D eigenvalue weighted by Crippen LogP contribution is -2.26. The zero-order valence-electron chi connectivity index (χ0n) is 10.0. The summed E-state index contributed by atoms with van der Waals surface area (Å²) in [7, 11) is 0. The number of benzene rings is 2. The number of hydrogen-bond donors (Lipinski definition) is 2. The van der Waals surface area contributed by atoms with Gasteiger partial charge in [-0.15, -0.1) is 0 Å². The fourth-order valence-electron chi connectivity index (χ4n) is 2.26.